The van der Waals surface area contributed by atoms with Crippen LogP contribution in [-0.4, -0.2) is 30.8 Å². The Labute approximate surface area is 120 Å². The zero-order chi connectivity index (χ0) is 14.8. The summed E-state index contributed by atoms with van der Waals surface area (Å²) >= 11 is 0. The van der Waals surface area contributed by atoms with Gasteiger partial charge in [-0.3, -0.25) is 0 Å². The average molecular weight is 280 g/mol. The van der Waals surface area contributed by atoms with Gasteiger partial charge in [-0.2, -0.15) is 0 Å². The Morgan fingerprint density at radius 2 is 1.95 bits per heavy atom. The number of rotatable bonds is 4. The molecule has 0 radical (unpaired) electrons. The van der Waals surface area contributed by atoms with Gasteiger partial charge in [0.05, 0.1) is 11.1 Å². The van der Waals surface area contributed by atoms with Crippen molar-refractivity contribution in [3.63, 3.8) is 0 Å². The summed E-state index contributed by atoms with van der Waals surface area (Å²) in [6.07, 6.45) is 1.78. The number of hydrogen-bond acceptors (Lipinski definition) is 3. The highest BCUT2D eigenvalue weighted by Gasteiger charge is 2.43. The molecule has 1 aliphatic rings. The first kappa shape index (κ1) is 15.3. The number of anilines is 1. The molecule has 1 aromatic carbocycles. The first-order valence-electron chi connectivity index (χ1n) is 7.30. The monoisotopic (exact) mass is 280 g/mol. The molecule has 1 aliphatic heterocycles. The molecular weight excluding hydrogens is 255 g/mol. The molecule has 0 aromatic heterocycles. The standard InChI is InChI=1S/C16H25FN2O/c1-4-19(14-7-5-13(17)6-8-14)16(12-18)9-10-20-15(2,3)11-16/h5-8H,4,9-12,18H2,1-3H3. The molecule has 1 saturated heterocycles. The Hall–Kier alpha value is -1.13. The van der Waals surface area contributed by atoms with Crippen LogP contribution in [0.15, 0.2) is 24.3 Å². The van der Waals surface area contributed by atoms with Crippen molar-refractivity contribution in [2.75, 3.05) is 24.6 Å². The van der Waals surface area contributed by atoms with Crippen LogP contribution in [0.3, 0.4) is 0 Å². The number of ether oxygens (including phenoxy) is 1. The normalized spacial score (nSPS) is 25.4. The quantitative estimate of drug-likeness (QED) is 0.921. The molecule has 1 aromatic rings. The van der Waals surface area contributed by atoms with Gasteiger partial charge in [-0.25, -0.2) is 4.39 Å². The molecule has 1 fully saturated rings. The number of nitrogens with two attached hydrogens (primary N) is 1. The van der Waals surface area contributed by atoms with Gasteiger partial charge in [0.2, 0.25) is 0 Å². The van der Waals surface area contributed by atoms with Crippen molar-refractivity contribution < 1.29 is 9.13 Å². The minimum atomic E-state index is -0.209. The Morgan fingerprint density at radius 1 is 1.30 bits per heavy atom. The molecule has 1 heterocycles. The van der Waals surface area contributed by atoms with Crippen molar-refractivity contribution in [3.05, 3.63) is 30.1 Å². The lowest BCUT2D eigenvalue weighted by atomic mass is 9.79. The summed E-state index contributed by atoms with van der Waals surface area (Å²) in [4.78, 5) is 2.30. The summed E-state index contributed by atoms with van der Waals surface area (Å²) in [6, 6.07) is 6.68. The fraction of sp³-hybridized carbons (Fsp3) is 0.625. The van der Waals surface area contributed by atoms with E-state index >= 15 is 0 Å². The Bertz CT molecular complexity index is 446. The van der Waals surface area contributed by atoms with E-state index in [1.165, 1.54) is 12.1 Å². The van der Waals surface area contributed by atoms with Gasteiger partial charge in [0, 0.05) is 31.8 Å². The molecule has 0 bridgehead atoms. The highest BCUT2D eigenvalue weighted by Crippen LogP contribution is 2.38. The smallest absolute Gasteiger partial charge is 0.123 e. The van der Waals surface area contributed by atoms with Gasteiger partial charge in [-0.1, -0.05) is 0 Å². The van der Waals surface area contributed by atoms with Crippen molar-refractivity contribution in [2.45, 2.75) is 44.8 Å². The van der Waals surface area contributed by atoms with E-state index in [0.29, 0.717) is 13.2 Å². The van der Waals surface area contributed by atoms with Crippen molar-refractivity contribution in [2.24, 2.45) is 5.73 Å². The van der Waals surface area contributed by atoms with Crippen molar-refractivity contribution >= 4 is 5.69 Å². The second kappa shape index (κ2) is 5.70. The van der Waals surface area contributed by atoms with E-state index in [2.05, 4.69) is 25.7 Å². The van der Waals surface area contributed by atoms with Gasteiger partial charge in [-0.15, -0.1) is 0 Å². The molecule has 0 amide bonds. The van der Waals surface area contributed by atoms with Gasteiger partial charge in [-0.05, 0) is 51.5 Å². The maximum absolute atomic E-state index is 13.1. The van der Waals surface area contributed by atoms with Gasteiger partial charge < -0.3 is 15.4 Å². The highest BCUT2D eigenvalue weighted by molar-refractivity contribution is 5.49. The molecule has 2 N–H and O–H groups in total. The molecule has 0 spiro atoms. The molecule has 112 valence electrons. The second-order valence-electron chi connectivity index (χ2n) is 6.18. The lowest BCUT2D eigenvalue weighted by Crippen LogP contribution is -2.61. The highest BCUT2D eigenvalue weighted by atomic mass is 19.1. The van der Waals surface area contributed by atoms with E-state index in [1.807, 2.05) is 12.1 Å². The van der Waals surface area contributed by atoms with Crippen LogP contribution in [0.2, 0.25) is 0 Å². The minimum absolute atomic E-state index is 0.117. The largest absolute Gasteiger partial charge is 0.375 e. The third-order valence-electron chi connectivity index (χ3n) is 4.22. The molecule has 20 heavy (non-hydrogen) atoms. The van der Waals surface area contributed by atoms with E-state index < -0.39 is 0 Å². The molecule has 1 atom stereocenters. The average Bonchev–Trinajstić information content (AvgIpc) is 2.40. The van der Waals surface area contributed by atoms with Crippen LogP contribution >= 0.6 is 0 Å². The van der Waals surface area contributed by atoms with Crippen LogP contribution in [0.5, 0.6) is 0 Å². The third-order valence-corrected chi connectivity index (χ3v) is 4.22. The first-order chi connectivity index (χ1) is 9.42. The van der Waals surface area contributed by atoms with Crippen LogP contribution in [0, 0.1) is 5.82 Å². The Morgan fingerprint density at radius 3 is 2.45 bits per heavy atom. The first-order valence-corrected chi connectivity index (χ1v) is 7.30. The van der Waals surface area contributed by atoms with Gasteiger partial charge in [0.25, 0.3) is 0 Å². The zero-order valence-corrected chi connectivity index (χ0v) is 12.7. The SMILES string of the molecule is CCN(c1ccc(F)cc1)C1(CN)CCOC(C)(C)C1. The Kier molecular flexibility index (Phi) is 4.35. The minimum Gasteiger partial charge on any atom is -0.375 e. The van der Waals surface area contributed by atoms with Gasteiger partial charge in [0.15, 0.2) is 0 Å². The maximum Gasteiger partial charge on any atom is 0.123 e. The van der Waals surface area contributed by atoms with E-state index in [0.717, 1.165) is 25.1 Å². The summed E-state index contributed by atoms with van der Waals surface area (Å²) < 4.78 is 19.0. The van der Waals surface area contributed by atoms with Crippen molar-refractivity contribution in [1.29, 1.82) is 0 Å². The summed E-state index contributed by atoms with van der Waals surface area (Å²) in [5.41, 5.74) is 6.86. The van der Waals surface area contributed by atoms with Gasteiger partial charge >= 0.3 is 0 Å². The number of nitrogens with zero attached hydrogens (tertiary/aromatic N) is 1. The van der Waals surface area contributed by atoms with E-state index in [-0.39, 0.29) is 17.0 Å². The molecule has 4 heteroatoms. The molecule has 0 saturated carbocycles. The second-order valence-corrected chi connectivity index (χ2v) is 6.18. The Balaban J connectivity index is 2.34. The van der Waals surface area contributed by atoms with E-state index in [9.17, 15) is 4.39 Å². The predicted octanol–water partition coefficient (Wildman–Crippen LogP) is 2.94. The van der Waals surface area contributed by atoms with Crippen LogP contribution < -0.4 is 10.6 Å². The predicted molar refractivity (Wildman–Crippen MR) is 80.5 cm³/mol. The van der Waals surface area contributed by atoms with Crippen LogP contribution in [0.25, 0.3) is 0 Å². The molecule has 2 rings (SSSR count). The van der Waals surface area contributed by atoms with Gasteiger partial charge in [0.1, 0.15) is 5.82 Å². The lowest BCUT2D eigenvalue weighted by Gasteiger charge is -2.51. The maximum atomic E-state index is 13.1. The van der Waals surface area contributed by atoms with E-state index in [1.54, 1.807) is 0 Å². The molecule has 0 aliphatic carbocycles. The molecule has 1 unspecified atom stereocenters. The number of benzene rings is 1. The van der Waals surface area contributed by atoms with Crippen LogP contribution in [0.4, 0.5) is 10.1 Å². The third kappa shape index (κ3) is 2.96. The van der Waals surface area contributed by atoms with E-state index in [4.69, 9.17) is 10.5 Å². The summed E-state index contributed by atoms with van der Waals surface area (Å²) in [6.45, 7) is 8.46. The molecule has 3 nitrogen and oxygen atoms in total. The fourth-order valence-electron chi connectivity index (χ4n) is 3.38. The van der Waals surface area contributed by atoms with Crippen molar-refractivity contribution in [1.82, 2.24) is 0 Å². The summed E-state index contributed by atoms with van der Waals surface area (Å²) in [5.74, 6) is -0.209. The molecular formula is C16H25FN2O. The lowest BCUT2D eigenvalue weighted by molar-refractivity contribution is -0.0793. The number of likely N-dealkylation sites (N-methyl/N-ethyl adjacent to an activating group) is 1. The summed E-state index contributed by atoms with van der Waals surface area (Å²) in [7, 11) is 0. The van der Waals surface area contributed by atoms with Crippen LogP contribution in [0.1, 0.15) is 33.6 Å². The van der Waals surface area contributed by atoms with Crippen molar-refractivity contribution in [3.8, 4) is 0 Å². The fourth-order valence-corrected chi connectivity index (χ4v) is 3.38. The summed E-state index contributed by atoms with van der Waals surface area (Å²) in [5, 5.41) is 0. The topological polar surface area (TPSA) is 38.5 Å². The van der Waals surface area contributed by atoms with Crippen LogP contribution in [-0.2, 0) is 4.74 Å². The number of hydrogen-bond donors (Lipinski definition) is 1. The zero-order valence-electron chi connectivity index (χ0n) is 12.7. The number of halogens is 1.